The number of ether oxygens (including phenoxy) is 2. The highest BCUT2D eigenvalue weighted by molar-refractivity contribution is 7.09. The van der Waals surface area contributed by atoms with Gasteiger partial charge < -0.3 is 14.4 Å². The lowest BCUT2D eigenvalue weighted by atomic mass is 10.0. The Morgan fingerprint density at radius 3 is 3.17 bits per heavy atom. The van der Waals surface area contributed by atoms with Crippen molar-refractivity contribution in [1.82, 2.24) is 9.88 Å². The number of aromatic nitrogens is 1. The molecule has 0 bridgehead atoms. The minimum Gasteiger partial charge on any atom is -0.373 e. The second-order valence-corrected chi connectivity index (χ2v) is 7.89. The molecule has 2 fully saturated rings. The normalized spacial score (nSPS) is 29.6. The van der Waals surface area contributed by atoms with Crippen LogP contribution in [0.25, 0.3) is 0 Å². The number of hydrogen-bond acceptors (Lipinski definition) is 5. The minimum atomic E-state index is -0.0525. The van der Waals surface area contributed by atoms with Gasteiger partial charge in [-0.1, -0.05) is 6.08 Å². The molecule has 6 heteroatoms. The summed E-state index contributed by atoms with van der Waals surface area (Å²) in [5.74, 6) is 0.198. The Labute approximate surface area is 146 Å². The maximum atomic E-state index is 12.9. The highest BCUT2D eigenvalue weighted by atomic mass is 32.1. The van der Waals surface area contributed by atoms with Gasteiger partial charge >= 0.3 is 0 Å². The predicted octanol–water partition coefficient (Wildman–Crippen LogP) is 2.84. The quantitative estimate of drug-likeness (QED) is 0.840. The summed E-state index contributed by atoms with van der Waals surface area (Å²) < 4.78 is 12.1. The van der Waals surface area contributed by atoms with E-state index in [0.717, 1.165) is 55.0 Å². The molecular weight excluding hydrogens is 324 g/mol. The molecule has 4 rings (SSSR count). The van der Waals surface area contributed by atoms with Crippen LogP contribution in [-0.2, 0) is 20.9 Å². The first-order valence-corrected chi connectivity index (χ1v) is 9.74. The largest absolute Gasteiger partial charge is 0.373 e. The van der Waals surface area contributed by atoms with Gasteiger partial charge in [0.05, 0.1) is 29.9 Å². The first kappa shape index (κ1) is 16.2. The van der Waals surface area contributed by atoms with E-state index in [-0.39, 0.29) is 24.2 Å². The third-order valence-electron chi connectivity index (χ3n) is 5.17. The zero-order valence-electron chi connectivity index (χ0n) is 14.1. The fourth-order valence-electron chi connectivity index (χ4n) is 4.01. The number of aryl methyl sites for hydroxylation is 1. The molecule has 2 saturated heterocycles. The Balaban J connectivity index is 1.45. The Bertz CT molecular complexity index is 642. The van der Waals surface area contributed by atoms with Crippen LogP contribution in [-0.4, -0.2) is 47.2 Å². The summed E-state index contributed by atoms with van der Waals surface area (Å²) in [6.07, 6.45) is 7.13. The number of rotatable bonds is 4. The molecule has 3 aliphatic rings. The van der Waals surface area contributed by atoms with Crippen LogP contribution in [0.3, 0.4) is 0 Å². The number of carbonyl (C=O) groups excluding carboxylic acids is 1. The van der Waals surface area contributed by atoms with Crippen LogP contribution < -0.4 is 0 Å². The number of hydrogen-bond donors (Lipinski definition) is 0. The van der Waals surface area contributed by atoms with E-state index >= 15 is 0 Å². The van der Waals surface area contributed by atoms with Crippen LogP contribution in [0.2, 0.25) is 0 Å². The molecular formula is C18H24N2O3S. The molecule has 3 heterocycles. The van der Waals surface area contributed by atoms with E-state index in [2.05, 4.69) is 11.1 Å². The van der Waals surface area contributed by atoms with Crippen molar-refractivity contribution in [3.8, 4) is 0 Å². The molecule has 0 saturated carbocycles. The van der Waals surface area contributed by atoms with Gasteiger partial charge in [-0.3, -0.25) is 4.79 Å². The molecule has 24 heavy (non-hydrogen) atoms. The number of thiazole rings is 1. The lowest BCUT2D eigenvalue weighted by molar-refractivity contribution is -0.130. The predicted molar refractivity (Wildman–Crippen MR) is 91.8 cm³/mol. The van der Waals surface area contributed by atoms with Crippen LogP contribution in [0.15, 0.2) is 17.0 Å². The van der Waals surface area contributed by atoms with Crippen molar-refractivity contribution in [3.63, 3.8) is 0 Å². The van der Waals surface area contributed by atoms with Gasteiger partial charge in [0.2, 0.25) is 5.91 Å². The van der Waals surface area contributed by atoms with E-state index in [9.17, 15) is 4.79 Å². The Morgan fingerprint density at radius 1 is 1.50 bits per heavy atom. The first-order chi connectivity index (χ1) is 11.7. The Hall–Kier alpha value is -1.24. The van der Waals surface area contributed by atoms with Crippen LogP contribution in [0.4, 0.5) is 0 Å². The van der Waals surface area contributed by atoms with Crippen LogP contribution in [0, 0.1) is 6.92 Å². The van der Waals surface area contributed by atoms with E-state index in [1.54, 1.807) is 11.3 Å². The molecule has 1 aromatic rings. The lowest BCUT2D eigenvalue weighted by Gasteiger charge is -2.32. The van der Waals surface area contributed by atoms with Crippen molar-refractivity contribution in [2.45, 2.75) is 63.9 Å². The lowest BCUT2D eigenvalue weighted by Crippen LogP contribution is -2.44. The first-order valence-electron chi connectivity index (χ1n) is 8.86. The standard InChI is InChI=1S/C18H24N2O3S/c1-12-19-14(11-24-12)10-23-16-9-20(15-7-4-8-22-17(15)16)18(21)13-5-2-3-6-13/h5,11,15-17H,2-4,6-10H2,1H3/t15-,16-,17+/m1/s1. The van der Waals surface area contributed by atoms with E-state index in [1.807, 2.05) is 17.2 Å². The van der Waals surface area contributed by atoms with Gasteiger partial charge in [0, 0.05) is 17.6 Å². The molecule has 5 nitrogen and oxygen atoms in total. The summed E-state index contributed by atoms with van der Waals surface area (Å²) in [6.45, 7) is 3.89. The number of nitrogens with zero attached hydrogens (tertiary/aromatic N) is 2. The maximum absolute atomic E-state index is 12.9. The van der Waals surface area contributed by atoms with Gasteiger partial charge in [-0.25, -0.2) is 4.98 Å². The van der Waals surface area contributed by atoms with Crippen molar-refractivity contribution in [2.24, 2.45) is 0 Å². The van der Waals surface area contributed by atoms with Crippen molar-refractivity contribution < 1.29 is 14.3 Å². The maximum Gasteiger partial charge on any atom is 0.249 e. The Kier molecular flexibility index (Phi) is 4.70. The van der Waals surface area contributed by atoms with E-state index in [1.165, 1.54) is 0 Å². The topological polar surface area (TPSA) is 51.7 Å². The third-order valence-corrected chi connectivity index (χ3v) is 5.99. The third kappa shape index (κ3) is 3.15. The second kappa shape index (κ2) is 6.94. The number of allylic oxidation sites excluding steroid dienone is 1. The molecule has 1 amide bonds. The van der Waals surface area contributed by atoms with Crippen LogP contribution in [0.5, 0.6) is 0 Å². The van der Waals surface area contributed by atoms with Crippen LogP contribution >= 0.6 is 11.3 Å². The van der Waals surface area contributed by atoms with Gasteiger partial charge in [-0.2, -0.15) is 0 Å². The Morgan fingerprint density at radius 2 is 2.42 bits per heavy atom. The van der Waals surface area contributed by atoms with Crippen molar-refractivity contribution >= 4 is 17.2 Å². The summed E-state index contributed by atoms with van der Waals surface area (Å²) in [7, 11) is 0. The highest BCUT2D eigenvalue weighted by Crippen LogP contribution is 2.33. The SMILES string of the molecule is Cc1nc(CO[C@@H]2CN(C(=O)C3=CCCC3)[C@@H]3CCCO[C@@H]32)cs1. The van der Waals surface area contributed by atoms with Crippen molar-refractivity contribution in [3.05, 3.63) is 27.7 Å². The number of fused-ring (bicyclic) bond motifs is 1. The molecule has 1 aliphatic carbocycles. The fraction of sp³-hybridized carbons (Fsp3) is 0.667. The summed E-state index contributed by atoms with van der Waals surface area (Å²) in [6, 6.07) is 0.162. The molecule has 130 valence electrons. The fourth-order valence-corrected chi connectivity index (χ4v) is 4.60. The van der Waals surface area contributed by atoms with Crippen molar-refractivity contribution in [2.75, 3.05) is 13.2 Å². The minimum absolute atomic E-state index is 0.00411. The van der Waals surface area contributed by atoms with Gasteiger partial charge in [0.1, 0.15) is 12.2 Å². The highest BCUT2D eigenvalue weighted by Gasteiger charge is 2.47. The molecule has 0 spiro atoms. The molecule has 0 radical (unpaired) electrons. The smallest absolute Gasteiger partial charge is 0.249 e. The number of likely N-dealkylation sites (tertiary alicyclic amines) is 1. The summed E-state index contributed by atoms with van der Waals surface area (Å²) in [4.78, 5) is 19.3. The van der Waals surface area contributed by atoms with E-state index < -0.39 is 0 Å². The number of amides is 1. The molecule has 0 N–H and O–H groups in total. The van der Waals surface area contributed by atoms with Gasteiger partial charge in [-0.15, -0.1) is 11.3 Å². The molecule has 0 unspecified atom stereocenters. The average molecular weight is 348 g/mol. The molecule has 0 aromatic carbocycles. The summed E-state index contributed by atoms with van der Waals surface area (Å²) in [5, 5.41) is 3.09. The zero-order chi connectivity index (χ0) is 16.5. The van der Waals surface area contributed by atoms with Gasteiger partial charge in [0.15, 0.2) is 0 Å². The molecule has 3 atom stereocenters. The zero-order valence-corrected chi connectivity index (χ0v) is 14.9. The second-order valence-electron chi connectivity index (χ2n) is 6.83. The van der Waals surface area contributed by atoms with Crippen LogP contribution in [0.1, 0.15) is 42.8 Å². The van der Waals surface area contributed by atoms with E-state index in [0.29, 0.717) is 13.2 Å². The van der Waals surface area contributed by atoms with Gasteiger partial charge in [0.25, 0.3) is 0 Å². The van der Waals surface area contributed by atoms with Gasteiger partial charge in [-0.05, 0) is 39.0 Å². The van der Waals surface area contributed by atoms with Crippen molar-refractivity contribution in [1.29, 1.82) is 0 Å². The average Bonchev–Trinajstić information content (AvgIpc) is 3.32. The number of carbonyl (C=O) groups is 1. The molecule has 1 aromatic heterocycles. The monoisotopic (exact) mass is 348 g/mol. The molecule has 2 aliphatic heterocycles. The summed E-state index contributed by atoms with van der Waals surface area (Å²) in [5.41, 5.74) is 1.95. The summed E-state index contributed by atoms with van der Waals surface area (Å²) >= 11 is 1.64. The van der Waals surface area contributed by atoms with E-state index in [4.69, 9.17) is 9.47 Å².